The fourth-order valence-electron chi connectivity index (χ4n) is 2.42. The van der Waals surface area contributed by atoms with Crippen LogP contribution in [0.3, 0.4) is 0 Å². The molecule has 0 saturated heterocycles. The Hall–Kier alpha value is -3.53. The minimum atomic E-state index is -0.621. The summed E-state index contributed by atoms with van der Waals surface area (Å²) in [5, 5.41) is 5.35. The second-order valence-corrected chi connectivity index (χ2v) is 6.90. The molecule has 0 saturated carbocycles. The minimum absolute atomic E-state index is 0.0365. The summed E-state index contributed by atoms with van der Waals surface area (Å²) in [5.41, 5.74) is 6.12. The Bertz CT molecular complexity index is 1030. The number of aromatic amines is 1. The Morgan fingerprint density at radius 1 is 1.17 bits per heavy atom. The zero-order valence-corrected chi connectivity index (χ0v) is 16.1. The lowest BCUT2D eigenvalue weighted by Gasteiger charge is -2.08. The van der Waals surface area contributed by atoms with Gasteiger partial charge in [-0.1, -0.05) is 42.1 Å². The topological polar surface area (TPSA) is 143 Å². The van der Waals surface area contributed by atoms with Crippen molar-refractivity contribution >= 4 is 35.1 Å². The van der Waals surface area contributed by atoms with Gasteiger partial charge in [-0.3, -0.25) is 19.4 Å². The Morgan fingerprint density at radius 2 is 1.97 bits per heavy atom. The molecule has 2 aromatic heterocycles. The lowest BCUT2D eigenvalue weighted by molar-refractivity contribution is -0.118. The number of amides is 2. The summed E-state index contributed by atoms with van der Waals surface area (Å²) < 4.78 is 4.96. The van der Waals surface area contributed by atoms with Gasteiger partial charge in [-0.25, -0.2) is 4.98 Å². The number of nitrogens with two attached hydrogens (primary N) is 1. The zero-order valence-electron chi connectivity index (χ0n) is 15.3. The van der Waals surface area contributed by atoms with Crippen molar-refractivity contribution in [1.29, 1.82) is 0 Å². The molecule has 0 radical (unpaired) electrons. The number of nitrogens with zero attached hydrogens (tertiary/aromatic N) is 1. The minimum Gasteiger partial charge on any atom is -0.459 e. The van der Waals surface area contributed by atoms with E-state index >= 15 is 0 Å². The van der Waals surface area contributed by atoms with E-state index in [9.17, 15) is 14.4 Å². The van der Waals surface area contributed by atoms with Crippen LogP contribution in [0.15, 0.2) is 63.1 Å². The number of anilines is 2. The molecule has 0 atom stereocenters. The fraction of sp³-hybridized carbons (Fsp3) is 0.158. The molecule has 0 aliphatic carbocycles. The van der Waals surface area contributed by atoms with Gasteiger partial charge in [0.15, 0.2) is 22.4 Å². The molecular weight excluding hydrogens is 394 g/mol. The van der Waals surface area contributed by atoms with Crippen LogP contribution < -0.4 is 21.9 Å². The van der Waals surface area contributed by atoms with Gasteiger partial charge in [0.1, 0.15) is 0 Å². The Labute approximate surface area is 170 Å². The molecule has 5 N–H and O–H groups in total. The molecule has 2 heterocycles. The average Bonchev–Trinajstić information content (AvgIpc) is 3.25. The highest BCUT2D eigenvalue weighted by Crippen LogP contribution is 2.17. The van der Waals surface area contributed by atoms with Gasteiger partial charge in [-0.05, 0) is 24.1 Å². The molecular formula is C19H19N5O4S. The van der Waals surface area contributed by atoms with Crippen LogP contribution in [-0.4, -0.2) is 34.1 Å². The van der Waals surface area contributed by atoms with E-state index in [1.807, 2.05) is 30.3 Å². The molecule has 1 aromatic carbocycles. The third-order valence-corrected chi connectivity index (χ3v) is 4.70. The number of nitrogen functional groups attached to an aromatic ring is 1. The van der Waals surface area contributed by atoms with Gasteiger partial charge < -0.3 is 20.8 Å². The highest BCUT2D eigenvalue weighted by molar-refractivity contribution is 7.99. The van der Waals surface area contributed by atoms with Crippen LogP contribution in [0.5, 0.6) is 0 Å². The maximum atomic E-state index is 12.2. The van der Waals surface area contributed by atoms with Crippen molar-refractivity contribution in [3.05, 3.63) is 70.4 Å². The first-order valence-corrected chi connectivity index (χ1v) is 9.69. The standard InChI is InChI=1S/C19H19N5O4S/c20-16-15(22-17(26)13-7-4-10-28-13)18(27)24-19(23-16)29-11-14(25)21-9-8-12-5-2-1-3-6-12/h1-7,10H,8-9,11H2,(H,21,25)(H,22,26)(H3,20,23,24,27). The van der Waals surface area contributed by atoms with Crippen LogP contribution in [0.4, 0.5) is 11.5 Å². The molecule has 0 fully saturated rings. The molecule has 0 unspecified atom stereocenters. The second-order valence-electron chi connectivity index (χ2n) is 5.94. The van der Waals surface area contributed by atoms with Gasteiger partial charge in [0.25, 0.3) is 11.5 Å². The number of benzene rings is 1. The highest BCUT2D eigenvalue weighted by Gasteiger charge is 2.16. The number of H-pyrrole nitrogens is 1. The number of carbonyl (C=O) groups excluding carboxylic acids is 2. The van der Waals surface area contributed by atoms with Gasteiger partial charge in [0.05, 0.1) is 12.0 Å². The van der Waals surface area contributed by atoms with Crippen LogP contribution in [0.1, 0.15) is 16.1 Å². The molecule has 3 aromatic rings. The number of nitrogens with one attached hydrogen (secondary N) is 3. The van der Waals surface area contributed by atoms with E-state index in [2.05, 4.69) is 20.6 Å². The Morgan fingerprint density at radius 3 is 2.66 bits per heavy atom. The Kier molecular flexibility index (Phi) is 6.69. The van der Waals surface area contributed by atoms with Crippen molar-refractivity contribution in [3.8, 4) is 0 Å². The quantitative estimate of drug-likeness (QED) is 0.325. The fourth-order valence-corrected chi connectivity index (χ4v) is 3.11. The van der Waals surface area contributed by atoms with Crippen molar-refractivity contribution < 1.29 is 14.0 Å². The molecule has 10 heteroatoms. The second kappa shape index (κ2) is 9.60. The van der Waals surface area contributed by atoms with Crippen molar-refractivity contribution in [2.75, 3.05) is 23.3 Å². The van der Waals surface area contributed by atoms with Crippen LogP contribution in [0, 0.1) is 0 Å². The van der Waals surface area contributed by atoms with Crippen molar-refractivity contribution in [2.24, 2.45) is 0 Å². The molecule has 150 valence electrons. The molecule has 0 aliphatic heterocycles. The molecule has 3 rings (SSSR count). The van der Waals surface area contributed by atoms with E-state index in [1.165, 1.54) is 12.3 Å². The lowest BCUT2D eigenvalue weighted by Crippen LogP contribution is -2.27. The van der Waals surface area contributed by atoms with E-state index < -0.39 is 11.5 Å². The normalized spacial score (nSPS) is 10.5. The van der Waals surface area contributed by atoms with E-state index in [-0.39, 0.29) is 34.1 Å². The summed E-state index contributed by atoms with van der Waals surface area (Å²) in [6.07, 6.45) is 2.06. The summed E-state index contributed by atoms with van der Waals surface area (Å²) in [6, 6.07) is 12.8. The van der Waals surface area contributed by atoms with E-state index in [4.69, 9.17) is 10.2 Å². The van der Waals surface area contributed by atoms with Gasteiger partial charge in [0.2, 0.25) is 5.91 Å². The Balaban J connectivity index is 1.51. The lowest BCUT2D eigenvalue weighted by atomic mass is 10.1. The summed E-state index contributed by atoms with van der Waals surface area (Å²) in [6.45, 7) is 0.507. The predicted molar refractivity (Wildman–Crippen MR) is 110 cm³/mol. The molecule has 9 nitrogen and oxygen atoms in total. The van der Waals surface area contributed by atoms with Crippen molar-refractivity contribution in [1.82, 2.24) is 15.3 Å². The number of hydrogen-bond acceptors (Lipinski definition) is 7. The largest absolute Gasteiger partial charge is 0.459 e. The monoisotopic (exact) mass is 413 g/mol. The summed E-state index contributed by atoms with van der Waals surface area (Å²) in [4.78, 5) is 42.7. The molecule has 0 spiro atoms. The van der Waals surface area contributed by atoms with Crippen LogP contribution in [-0.2, 0) is 11.2 Å². The van der Waals surface area contributed by atoms with Gasteiger partial charge in [-0.15, -0.1) is 0 Å². The van der Waals surface area contributed by atoms with E-state index in [1.54, 1.807) is 6.07 Å². The smallest absolute Gasteiger partial charge is 0.291 e. The van der Waals surface area contributed by atoms with E-state index in [0.717, 1.165) is 23.7 Å². The summed E-state index contributed by atoms with van der Waals surface area (Å²) >= 11 is 1.04. The van der Waals surface area contributed by atoms with E-state index in [0.29, 0.717) is 6.54 Å². The SMILES string of the molecule is Nc1nc(SCC(=O)NCCc2ccccc2)[nH]c(=O)c1NC(=O)c1ccco1. The van der Waals surface area contributed by atoms with Crippen LogP contribution in [0.25, 0.3) is 0 Å². The van der Waals surface area contributed by atoms with Gasteiger partial charge >= 0.3 is 0 Å². The third kappa shape index (κ3) is 5.72. The van der Waals surface area contributed by atoms with Crippen LogP contribution in [0.2, 0.25) is 0 Å². The van der Waals surface area contributed by atoms with Gasteiger partial charge in [-0.2, -0.15) is 0 Å². The van der Waals surface area contributed by atoms with Crippen molar-refractivity contribution in [2.45, 2.75) is 11.6 Å². The highest BCUT2D eigenvalue weighted by atomic mass is 32.2. The van der Waals surface area contributed by atoms with Crippen molar-refractivity contribution in [3.63, 3.8) is 0 Å². The summed E-state index contributed by atoms with van der Waals surface area (Å²) in [5.74, 6) is -0.862. The predicted octanol–water partition coefficient (Wildman–Crippen LogP) is 1.65. The number of rotatable bonds is 8. The number of hydrogen-bond donors (Lipinski definition) is 4. The number of furan rings is 1. The first-order chi connectivity index (χ1) is 14.0. The molecule has 2 amide bonds. The first kappa shape index (κ1) is 20.2. The average molecular weight is 413 g/mol. The molecule has 29 heavy (non-hydrogen) atoms. The number of carbonyl (C=O) groups is 2. The first-order valence-electron chi connectivity index (χ1n) is 8.71. The third-order valence-electron chi connectivity index (χ3n) is 3.83. The van der Waals surface area contributed by atoms with Crippen LogP contribution >= 0.6 is 11.8 Å². The maximum Gasteiger partial charge on any atom is 0.291 e. The maximum absolute atomic E-state index is 12.2. The zero-order chi connectivity index (χ0) is 20.6. The number of thioether (sulfide) groups is 1. The molecule has 0 bridgehead atoms. The van der Waals surface area contributed by atoms with Gasteiger partial charge in [0, 0.05) is 6.54 Å². The summed E-state index contributed by atoms with van der Waals surface area (Å²) in [7, 11) is 0. The molecule has 0 aliphatic rings. The number of aromatic nitrogens is 2.